The third-order valence-electron chi connectivity index (χ3n) is 2.77. The number of carbonyl (C=O) groups excluding carboxylic acids is 2. The minimum Gasteiger partial charge on any atom is -0.466 e. The van der Waals surface area contributed by atoms with Crippen LogP contribution in [0.3, 0.4) is 0 Å². The van der Waals surface area contributed by atoms with Gasteiger partial charge in [0.05, 0.1) is 24.2 Å². The second-order valence-electron chi connectivity index (χ2n) is 4.23. The molecular weight excluding hydrogens is 256 g/mol. The number of nitrogens with zero attached hydrogens (tertiary/aromatic N) is 1. The van der Waals surface area contributed by atoms with E-state index in [0.717, 1.165) is 10.9 Å². The standard InChI is InChI=1S/C15H16N2O3/c1-2-20-14(19)9-8-13(18)17-12-7-3-5-11-6-4-10-16-15(11)12/h3-7,10H,2,8-9H2,1H3,(H,17,18). The lowest BCUT2D eigenvalue weighted by Crippen LogP contribution is -2.14. The molecule has 0 atom stereocenters. The van der Waals surface area contributed by atoms with Crippen molar-refractivity contribution >= 4 is 28.5 Å². The van der Waals surface area contributed by atoms with E-state index in [1.165, 1.54) is 0 Å². The van der Waals surface area contributed by atoms with Crippen LogP contribution in [0.5, 0.6) is 0 Å². The number of pyridine rings is 1. The molecule has 0 saturated heterocycles. The number of hydrogen-bond acceptors (Lipinski definition) is 4. The van der Waals surface area contributed by atoms with Gasteiger partial charge in [0.1, 0.15) is 0 Å². The molecule has 1 aromatic carbocycles. The van der Waals surface area contributed by atoms with Crippen molar-refractivity contribution in [3.05, 3.63) is 36.5 Å². The molecule has 1 N–H and O–H groups in total. The molecule has 20 heavy (non-hydrogen) atoms. The molecule has 104 valence electrons. The smallest absolute Gasteiger partial charge is 0.306 e. The molecule has 1 aromatic heterocycles. The van der Waals surface area contributed by atoms with Crippen LogP contribution in [0.15, 0.2) is 36.5 Å². The van der Waals surface area contributed by atoms with Gasteiger partial charge in [-0.1, -0.05) is 18.2 Å². The van der Waals surface area contributed by atoms with Crippen LogP contribution < -0.4 is 5.32 Å². The Hall–Kier alpha value is -2.43. The topological polar surface area (TPSA) is 68.3 Å². The molecule has 1 amide bonds. The first-order valence-corrected chi connectivity index (χ1v) is 6.50. The fourth-order valence-electron chi connectivity index (χ4n) is 1.87. The SMILES string of the molecule is CCOC(=O)CCC(=O)Nc1cccc2cccnc12. The van der Waals surface area contributed by atoms with Crippen LogP contribution in [0.4, 0.5) is 5.69 Å². The molecule has 2 rings (SSSR count). The summed E-state index contributed by atoms with van der Waals surface area (Å²) in [5.41, 5.74) is 1.39. The maximum atomic E-state index is 11.8. The van der Waals surface area contributed by atoms with E-state index in [2.05, 4.69) is 10.3 Å². The monoisotopic (exact) mass is 272 g/mol. The summed E-state index contributed by atoms with van der Waals surface area (Å²) >= 11 is 0. The van der Waals surface area contributed by atoms with Gasteiger partial charge in [-0.3, -0.25) is 14.6 Å². The minimum atomic E-state index is -0.362. The number of amides is 1. The number of hydrogen-bond donors (Lipinski definition) is 1. The highest BCUT2D eigenvalue weighted by atomic mass is 16.5. The summed E-state index contributed by atoms with van der Waals surface area (Å²) in [5, 5.41) is 3.73. The number of para-hydroxylation sites is 1. The van der Waals surface area contributed by atoms with E-state index in [0.29, 0.717) is 12.3 Å². The number of esters is 1. The molecule has 5 nitrogen and oxygen atoms in total. The van der Waals surface area contributed by atoms with Crippen LogP contribution in [-0.2, 0) is 14.3 Å². The van der Waals surface area contributed by atoms with Crippen molar-refractivity contribution in [2.75, 3.05) is 11.9 Å². The molecular formula is C15H16N2O3. The van der Waals surface area contributed by atoms with Crippen LogP contribution in [0, 0.1) is 0 Å². The highest BCUT2D eigenvalue weighted by molar-refractivity contribution is 6.00. The maximum Gasteiger partial charge on any atom is 0.306 e. The largest absolute Gasteiger partial charge is 0.466 e. The fourth-order valence-corrected chi connectivity index (χ4v) is 1.87. The van der Waals surface area contributed by atoms with E-state index in [1.54, 1.807) is 19.2 Å². The lowest BCUT2D eigenvalue weighted by molar-refractivity contribution is -0.144. The van der Waals surface area contributed by atoms with Gasteiger partial charge in [0.15, 0.2) is 0 Å². The van der Waals surface area contributed by atoms with Crippen molar-refractivity contribution in [2.24, 2.45) is 0 Å². The summed E-state index contributed by atoms with van der Waals surface area (Å²) in [4.78, 5) is 27.3. The van der Waals surface area contributed by atoms with Gasteiger partial charge in [-0.15, -0.1) is 0 Å². The fraction of sp³-hybridized carbons (Fsp3) is 0.267. The lowest BCUT2D eigenvalue weighted by Gasteiger charge is -2.07. The van der Waals surface area contributed by atoms with Crippen LogP contribution in [0.2, 0.25) is 0 Å². The number of nitrogens with one attached hydrogen (secondary N) is 1. The third-order valence-corrected chi connectivity index (χ3v) is 2.77. The molecule has 5 heteroatoms. The van der Waals surface area contributed by atoms with Crippen molar-refractivity contribution in [2.45, 2.75) is 19.8 Å². The van der Waals surface area contributed by atoms with Gasteiger partial charge >= 0.3 is 5.97 Å². The van der Waals surface area contributed by atoms with E-state index in [1.807, 2.05) is 24.3 Å². The zero-order chi connectivity index (χ0) is 14.4. The second kappa shape index (κ2) is 6.65. The predicted octanol–water partition coefficient (Wildman–Crippen LogP) is 2.52. The quantitative estimate of drug-likeness (QED) is 0.849. The number of rotatable bonds is 5. The number of carbonyl (C=O) groups is 2. The average molecular weight is 272 g/mol. The summed E-state index contributed by atoms with van der Waals surface area (Å²) in [5.74, 6) is -0.588. The minimum absolute atomic E-state index is 0.0812. The number of ether oxygens (including phenoxy) is 1. The number of aromatic nitrogens is 1. The first kappa shape index (κ1) is 14.0. The van der Waals surface area contributed by atoms with E-state index in [9.17, 15) is 9.59 Å². The number of benzene rings is 1. The van der Waals surface area contributed by atoms with Crippen molar-refractivity contribution in [1.29, 1.82) is 0 Å². The highest BCUT2D eigenvalue weighted by Crippen LogP contribution is 2.20. The number of fused-ring (bicyclic) bond motifs is 1. The summed E-state index contributed by atoms with van der Waals surface area (Å²) in [6.07, 6.45) is 1.86. The molecule has 0 bridgehead atoms. The molecule has 0 saturated carbocycles. The summed E-state index contributed by atoms with van der Waals surface area (Å²) < 4.78 is 4.78. The highest BCUT2D eigenvalue weighted by Gasteiger charge is 2.09. The van der Waals surface area contributed by atoms with E-state index in [-0.39, 0.29) is 24.7 Å². The predicted molar refractivity (Wildman–Crippen MR) is 76.2 cm³/mol. The maximum absolute atomic E-state index is 11.8. The van der Waals surface area contributed by atoms with Crippen molar-refractivity contribution < 1.29 is 14.3 Å². The Morgan fingerprint density at radius 2 is 2.00 bits per heavy atom. The Morgan fingerprint density at radius 1 is 1.20 bits per heavy atom. The summed E-state index contributed by atoms with van der Waals surface area (Å²) in [6, 6.07) is 9.34. The first-order valence-electron chi connectivity index (χ1n) is 6.50. The Kier molecular flexibility index (Phi) is 4.65. The molecule has 0 aliphatic rings. The Bertz CT molecular complexity index is 620. The van der Waals surface area contributed by atoms with Crippen molar-refractivity contribution in [3.8, 4) is 0 Å². The Balaban J connectivity index is 2.01. The average Bonchev–Trinajstić information content (AvgIpc) is 2.46. The van der Waals surface area contributed by atoms with E-state index >= 15 is 0 Å². The third kappa shape index (κ3) is 3.54. The molecule has 0 aliphatic heterocycles. The van der Waals surface area contributed by atoms with Crippen LogP contribution in [0.1, 0.15) is 19.8 Å². The Morgan fingerprint density at radius 3 is 2.80 bits per heavy atom. The zero-order valence-corrected chi connectivity index (χ0v) is 11.3. The van der Waals surface area contributed by atoms with Gasteiger partial charge in [-0.2, -0.15) is 0 Å². The Labute approximate surface area is 117 Å². The summed E-state index contributed by atoms with van der Waals surface area (Å²) in [7, 11) is 0. The lowest BCUT2D eigenvalue weighted by atomic mass is 10.2. The molecule has 1 heterocycles. The van der Waals surface area contributed by atoms with Gasteiger partial charge in [-0.05, 0) is 19.1 Å². The molecule has 0 fully saturated rings. The van der Waals surface area contributed by atoms with Gasteiger partial charge in [0.2, 0.25) is 5.91 Å². The molecule has 2 aromatic rings. The van der Waals surface area contributed by atoms with Crippen LogP contribution in [-0.4, -0.2) is 23.5 Å². The molecule has 0 aliphatic carbocycles. The zero-order valence-electron chi connectivity index (χ0n) is 11.3. The normalized spacial score (nSPS) is 10.2. The van der Waals surface area contributed by atoms with Gasteiger partial charge < -0.3 is 10.1 Å². The van der Waals surface area contributed by atoms with E-state index < -0.39 is 0 Å². The van der Waals surface area contributed by atoms with Gasteiger partial charge in [0, 0.05) is 18.0 Å². The van der Waals surface area contributed by atoms with Crippen molar-refractivity contribution in [3.63, 3.8) is 0 Å². The van der Waals surface area contributed by atoms with Crippen molar-refractivity contribution in [1.82, 2.24) is 4.98 Å². The number of anilines is 1. The van der Waals surface area contributed by atoms with Gasteiger partial charge in [-0.25, -0.2) is 0 Å². The second-order valence-corrected chi connectivity index (χ2v) is 4.23. The van der Waals surface area contributed by atoms with Gasteiger partial charge in [0.25, 0.3) is 0 Å². The summed E-state index contributed by atoms with van der Waals surface area (Å²) in [6.45, 7) is 2.06. The molecule has 0 unspecified atom stereocenters. The molecule has 0 radical (unpaired) electrons. The first-order chi connectivity index (χ1) is 9.70. The molecule has 0 spiro atoms. The van der Waals surface area contributed by atoms with Crippen LogP contribution >= 0.6 is 0 Å². The van der Waals surface area contributed by atoms with Crippen LogP contribution in [0.25, 0.3) is 10.9 Å². The van der Waals surface area contributed by atoms with E-state index in [4.69, 9.17) is 4.74 Å².